The molecular formula is C15H15NO2S. The van der Waals surface area contributed by atoms with Gasteiger partial charge in [-0.3, -0.25) is 4.79 Å². The van der Waals surface area contributed by atoms with Gasteiger partial charge in [0.1, 0.15) is 5.75 Å². The number of carbonyl (C=O) groups excluding carboxylic acids is 1. The molecule has 1 amide bonds. The van der Waals surface area contributed by atoms with E-state index in [0.29, 0.717) is 12.1 Å². The molecule has 4 heteroatoms. The summed E-state index contributed by atoms with van der Waals surface area (Å²) in [7, 11) is 1.62. The predicted octanol–water partition coefficient (Wildman–Crippen LogP) is 2.91. The Morgan fingerprint density at radius 3 is 2.74 bits per heavy atom. The first-order valence-electron chi connectivity index (χ1n) is 5.89. The maximum Gasteiger partial charge on any atom is 0.251 e. The number of hydrogen-bond acceptors (Lipinski definition) is 3. The quantitative estimate of drug-likeness (QED) is 0.841. The van der Waals surface area contributed by atoms with Crippen LogP contribution in [0.5, 0.6) is 5.75 Å². The Kier molecular flexibility index (Phi) is 4.47. The first kappa shape index (κ1) is 13.5. The Morgan fingerprint density at radius 2 is 2.00 bits per heavy atom. The van der Waals surface area contributed by atoms with E-state index in [1.165, 1.54) is 0 Å². The lowest BCUT2D eigenvalue weighted by molar-refractivity contribution is 0.0950. The fourth-order valence-corrected chi connectivity index (χ4v) is 1.94. The third-order valence-corrected chi connectivity index (χ3v) is 2.97. The van der Waals surface area contributed by atoms with Crippen LogP contribution in [0.3, 0.4) is 0 Å². The molecule has 1 N–H and O–H groups in total. The van der Waals surface area contributed by atoms with Crippen LogP contribution in [0.15, 0.2) is 53.4 Å². The van der Waals surface area contributed by atoms with E-state index in [0.717, 1.165) is 16.2 Å². The van der Waals surface area contributed by atoms with Gasteiger partial charge in [-0.05, 0) is 35.9 Å². The van der Waals surface area contributed by atoms with Gasteiger partial charge in [0.15, 0.2) is 0 Å². The Morgan fingerprint density at radius 1 is 1.21 bits per heavy atom. The van der Waals surface area contributed by atoms with Crippen LogP contribution >= 0.6 is 12.6 Å². The molecule has 0 aliphatic rings. The number of rotatable bonds is 4. The van der Waals surface area contributed by atoms with Crippen LogP contribution in [0, 0.1) is 0 Å². The Hall–Kier alpha value is -1.94. The number of benzene rings is 2. The van der Waals surface area contributed by atoms with E-state index in [4.69, 9.17) is 4.74 Å². The van der Waals surface area contributed by atoms with Gasteiger partial charge in [0, 0.05) is 17.0 Å². The van der Waals surface area contributed by atoms with E-state index in [1.807, 2.05) is 36.4 Å². The molecule has 0 saturated heterocycles. The maximum atomic E-state index is 11.9. The minimum atomic E-state index is -0.112. The van der Waals surface area contributed by atoms with Crippen LogP contribution in [0.2, 0.25) is 0 Å². The lowest BCUT2D eigenvalue weighted by Crippen LogP contribution is -2.22. The molecule has 0 bridgehead atoms. The first-order valence-corrected chi connectivity index (χ1v) is 6.34. The van der Waals surface area contributed by atoms with Crippen molar-refractivity contribution in [3.63, 3.8) is 0 Å². The highest BCUT2D eigenvalue weighted by molar-refractivity contribution is 7.80. The van der Waals surface area contributed by atoms with Gasteiger partial charge in [-0.25, -0.2) is 0 Å². The molecule has 0 atom stereocenters. The number of hydrogen-bond donors (Lipinski definition) is 2. The molecule has 0 fully saturated rings. The number of carbonyl (C=O) groups is 1. The van der Waals surface area contributed by atoms with E-state index in [-0.39, 0.29) is 5.91 Å². The second kappa shape index (κ2) is 6.29. The summed E-state index contributed by atoms with van der Waals surface area (Å²) in [5.74, 6) is 0.669. The summed E-state index contributed by atoms with van der Waals surface area (Å²) >= 11 is 4.22. The smallest absolute Gasteiger partial charge is 0.251 e. The summed E-state index contributed by atoms with van der Waals surface area (Å²) in [5, 5.41) is 2.87. The van der Waals surface area contributed by atoms with Crippen LogP contribution in [-0.4, -0.2) is 13.0 Å². The van der Waals surface area contributed by atoms with Crippen LogP contribution in [0.1, 0.15) is 15.9 Å². The molecule has 0 heterocycles. The number of ether oxygens (including phenoxy) is 1. The third-order valence-electron chi connectivity index (χ3n) is 2.70. The summed E-state index contributed by atoms with van der Waals surface area (Å²) in [6.07, 6.45) is 0. The molecular weight excluding hydrogens is 258 g/mol. The van der Waals surface area contributed by atoms with Crippen LogP contribution < -0.4 is 10.1 Å². The van der Waals surface area contributed by atoms with Gasteiger partial charge < -0.3 is 10.1 Å². The van der Waals surface area contributed by atoms with E-state index in [9.17, 15) is 4.79 Å². The molecule has 2 rings (SSSR count). The fraction of sp³-hybridized carbons (Fsp3) is 0.133. The second-order valence-electron chi connectivity index (χ2n) is 4.08. The molecule has 0 radical (unpaired) electrons. The lowest BCUT2D eigenvalue weighted by atomic mass is 10.2. The van der Waals surface area contributed by atoms with Crippen molar-refractivity contribution >= 4 is 18.5 Å². The number of thiol groups is 1. The second-order valence-corrected chi connectivity index (χ2v) is 4.60. The molecule has 0 aliphatic carbocycles. The zero-order valence-corrected chi connectivity index (χ0v) is 11.5. The van der Waals surface area contributed by atoms with Crippen molar-refractivity contribution in [2.45, 2.75) is 11.4 Å². The van der Waals surface area contributed by atoms with E-state index in [2.05, 4.69) is 17.9 Å². The van der Waals surface area contributed by atoms with Crippen LogP contribution in [0.4, 0.5) is 0 Å². The SMILES string of the molecule is COc1cccc(CNC(=O)c2cccc(S)c2)c1. The predicted molar refractivity (Wildman–Crippen MR) is 77.9 cm³/mol. The topological polar surface area (TPSA) is 38.3 Å². The highest BCUT2D eigenvalue weighted by atomic mass is 32.1. The van der Waals surface area contributed by atoms with Crippen molar-refractivity contribution < 1.29 is 9.53 Å². The van der Waals surface area contributed by atoms with Gasteiger partial charge in [0.2, 0.25) is 0 Å². The standard InChI is InChI=1S/C15H15NO2S/c1-18-13-6-2-4-11(8-13)10-16-15(17)12-5-3-7-14(19)9-12/h2-9,19H,10H2,1H3,(H,16,17). The van der Waals surface area contributed by atoms with E-state index >= 15 is 0 Å². The van der Waals surface area contributed by atoms with E-state index in [1.54, 1.807) is 19.2 Å². The summed E-state index contributed by atoms with van der Waals surface area (Å²) in [6, 6.07) is 14.8. The van der Waals surface area contributed by atoms with Crippen LogP contribution in [0.25, 0.3) is 0 Å². The van der Waals surface area contributed by atoms with Gasteiger partial charge >= 0.3 is 0 Å². The molecule has 2 aromatic carbocycles. The highest BCUT2D eigenvalue weighted by Gasteiger charge is 2.05. The molecule has 0 aliphatic heterocycles. The normalized spacial score (nSPS) is 10.0. The third kappa shape index (κ3) is 3.76. The van der Waals surface area contributed by atoms with Gasteiger partial charge in [-0.1, -0.05) is 18.2 Å². The molecule has 98 valence electrons. The van der Waals surface area contributed by atoms with Crippen molar-refractivity contribution in [2.24, 2.45) is 0 Å². The summed E-state index contributed by atoms with van der Waals surface area (Å²) in [6.45, 7) is 0.465. The number of methoxy groups -OCH3 is 1. The molecule has 0 aromatic heterocycles. The largest absolute Gasteiger partial charge is 0.497 e. The monoisotopic (exact) mass is 273 g/mol. The van der Waals surface area contributed by atoms with Crippen molar-refractivity contribution in [1.29, 1.82) is 0 Å². The summed E-state index contributed by atoms with van der Waals surface area (Å²) in [5.41, 5.74) is 1.60. The molecule has 2 aromatic rings. The van der Waals surface area contributed by atoms with Crippen LogP contribution in [-0.2, 0) is 6.54 Å². The minimum absolute atomic E-state index is 0.112. The van der Waals surface area contributed by atoms with Gasteiger partial charge in [0.25, 0.3) is 5.91 Å². The number of amides is 1. The van der Waals surface area contributed by atoms with Crippen molar-refractivity contribution in [2.75, 3.05) is 7.11 Å². The summed E-state index contributed by atoms with van der Waals surface area (Å²) < 4.78 is 5.14. The summed E-state index contributed by atoms with van der Waals surface area (Å²) in [4.78, 5) is 12.7. The van der Waals surface area contributed by atoms with Gasteiger partial charge in [-0.15, -0.1) is 12.6 Å². The zero-order chi connectivity index (χ0) is 13.7. The maximum absolute atomic E-state index is 11.9. The van der Waals surface area contributed by atoms with Gasteiger partial charge in [-0.2, -0.15) is 0 Å². The first-order chi connectivity index (χ1) is 9.19. The average molecular weight is 273 g/mol. The molecule has 0 spiro atoms. The Labute approximate surface area is 118 Å². The van der Waals surface area contributed by atoms with Crippen molar-refractivity contribution in [1.82, 2.24) is 5.32 Å². The number of nitrogens with one attached hydrogen (secondary N) is 1. The molecule has 0 unspecified atom stereocenters. The molecule has 3 nitrogen and oxygen atoms in total. The molecule has 19 heavy (non-hydrogen) atoms. The zero-order valence-electron chi connectivity index (χ0n) is 10.6. The van der Waals surface area contributed by atoms with E-state index < -0.39 is 0 Å². The highest BCUT2D eigenvalue weighted by Crippen LogP contribution is 2.13. The lowest BCUT2D eigenvalue weighted by Gasteiger charge is -2.07. The average Bonchev–Trinajstić information content (AvgIpc) is 2.45. The Balaban J connectivity index is 2.00. The fourth-order valence-electron chi connectivity index (χ4n) is 1.71. The van der Waals surface area contributed by atoms with Crippen molar-refractivity contribution in [3.05, 3.63) is 59.7 Å². The van der Waals surface area contributed by atoms with Crippen molar-refractivity contribution in [3.8, 4) is 5.75 Å². The van der Waals surface area contributed by atoms with Gasteiger partial charge in [0.05, 0.1) is 7.11 Å². The molecule has 0 saturated carbocycles. The minimum Gasteiger partial charge on any atom is -0.497 e. The Bertz CT molecular complexity index is 584.